The number of aromatic nitrogens is 2. The third kappa shape index (κ3) is 3.85. The first-order valence-corrected chi connectivity index (χ1v) is 6.56. The van der Waals surface area contributed by atoms with E-state index in [1.54, 1.807) is 12.4 Å². The van der Waals surface area contributed by atoms with E-state index >= 15 is 0 Å². The highest BCUT2D eigenvalue weighted by atomic mass is 79.9. The molecule has 0 aliphatic carbocycles. The quantitative estimate of drug-likeness (QED) is 0.762. The van der Waals surface area contributed by atoms with E-state index in [4.69, 9.17) is 14.7 Å². The molecule has 0 bridgehead atoms. The number of halogens is 1. The highest BCUT2D eigenvalue weighted by Gasteiger charge is 2.24. The normalized spacial score (nSPS) is 15.9. The Hall–Kier alpha value is -1.25. The Morgan fingerprint density at radius 1 is 1.47 bits per heavy atom. The van der Waals surface area contributed by atoms with Crippen molar-refractivity contribution in [3.63, 3.8) is 0 Å². The molecule has 0 aromatic carbocycles. The van der Waals surface area contributed by atoms with Gasteiger partial charge >= 0.3 is 0 Å². The number of hydrogen-bond donors (Lipinski definition) is 1. The molecule has 1 fully saturated rings. The molecule has 1 atom stereocenters. The number of nitrogens with zero attached hydrogens (tertiary/aromatic N) is 4. The summed E-state index contributed by atoms with van der Waals surface area (Å²) < 4.78 is 5.81. The van der Waals surface area contributed by atoms with E-state index in [0.717, 1.165) is 10.2 Å². The number of oxime groups is 1. The number of methoxy groups -OCH3 is 1. The van der Waals surface area contributed by atoms with Gasteiger partial charge in [0.1, 0.15) is 12.7 Å². The van der Waals surface area contributed by atoms with Crippen LogP contribution in [-0.2, 0) is 9.57 Å². The second kappa shape index (κ2) is 6.78. The fraction of sp³-hybridized carbons (Fsp3) is 0.545. The van der Waals surface area contributed by atoms with Crippen LogP contribution in [0.4, 0.5) is 5.95 Å². The van der Waals surface area contributed by atoms with Crippen LogP contribution in [0, 0.1) is 0 Å². The average molecular weight is 331 g/mol. The largest absolute Gasteiger partial charge is 0.394 e. The zero-order chi connectivity index (χ0) is 13.7. The van der Waals surface area contributed by atoms with E-state index in [2.05, 4.69) is 31.1 Å². The maximum Gasteiger partial charge on any atom is 0.226 e. The van der Waals surface area contributed by atoms with Gasteiger partial charge in [0.15, 0.2) is 0 Å². The lowest BCUT2D eigenvalue weighted by Gasteiger charge is -2.31. The van der Waals surface area contributed by atoms with E-state index in [1.165, 1.54) is 7.11 Å². The number of rotatable bonds is 6. The topological polar surface area (TPSA) is 80.1 Å². The van der Waals surface area contributed by atoms with Crippen molar-refractivity contribution >= 4 is 27.6 Å². The second-order valence-electron chi connectivity index (χ2n) is 4.05. The summed E-state index contributed by atoms with van der Waals surface area (Å²) >= 11 is 3.29. The third-order valence-electron chi connectivity index (χ3n) is 2.63. The van der Waals surface area contributed by atoms with Gasteiger partial charge < -0.3 is 19.6 Å². The molecule has 1 aromatic heterocycles. The zero-order valence-corrected chi connectivity index (χ0v) is 12.1. The molecule has 7 nitrogen and oxygen atoms in total. The first-order chi connectivity index (χ1) is 9.22. The Morgan fingerprint density at radius 2 is 2.16 bits per heavy atom. The van der Waals surface area contributed by atoms with E-state index in [9.17, 15) is 0 Å². The van der Waals surface area contributed by atoms with E-state index in [0.29, 0.717) is 19.0 Å². The van der Waals surface area contributed by atoms with Crippen LogP contribution in [0.1, 0.15) is 0 Å². The molecule has 1 aromatic rings. The van der Waals surface area contributed by atoms with Crippen molar-refractivity contribution in [3.8, 4) is 0 Å². The summed E-state index contributed by atoms with van der Waals surface area (Å²) in [6.07, 6.45) is 3.08. The highest BCUT2D eigenvalue weighted by molar-refractivity contribution is 9.10. The van der Waals surface area contributed by atoms with Crippen molar-refractivity contribution in [2.45, 2.75) is 6.10 Å². The van der Waals surface area contributed by atoms with Gasteiger partial charge in [-0.3, -0.25) is 0 Å². The van der Waals surface area contributed by atoms with Gasteiger partial charge in [0.25, 0.3) is 0 Å². The van der Waals surface area contributed by atoms with Gasteiger partial charge in [-0.2, -0.15) is 0 Å². The van der Waals surface area contributed by atoms with Crippen LogP contribution in [0.3, 0.4) is 0 Å². The molecule has 19 heavy (non-hydrogen) atoms. The minimum Gasteiger partial charge on any atom is -0.394 e. The molecule has 1 unspecified atom stereocenters. The molecule has 1 saturated heterocycles. The third-order valence-corrected chi connectivity index (χ3v) is 3.04. The second-order valence-corrected chi connectivity index (χ2v) is 4.97. The molecule has 2 rings (SSSR count). The molecule has 0 radical (unpaired) electrons. The molecule has 1 aliphatic heterocycles. The number of hydrogen-bond acceptors (Lipinski definition) is 7. The SMILES string of the molecule is COC(CO)CON=C1CN(c2ncc(Br)cn2)C1. The fourth-order valence-electron chi connectivity index (χ4n) is 1.47. The highest BCUT2D eigenvalue weighted by Crippen LogP contribution is 2.15. The Bertz CT molecular complexity index is 428. The molecular formula is C11H15BrN4O3. The summed E-state index contributed by atoms with van der Waals surface area (Å²) in [6, 6.07) is 0. The summed E-state index contributed by atoms with van der Waals surface area (Å²) in [5, 5.41) is 12.9. The molecule has 8 heteroatoms. The molecular weight excluding hydrogens is 316 g/mol. The Kier molecular flexibility index (Phi) is 5.06. The lowest BCUT2D eigenvalue weighted by atomic mass is 10.2. The molecule has 104 valence electrons. The standard InChI is InChI=1S/C11H15BrN4O3/c1-18-10(6-17)7-19-15-9-4-16(5-9)11-13-2-8(12)3-14-11/h2-3,10,17H,4-7H2,1H3. The summed E-state index contributed by atoms with van der Waals surface area (Å²) in [7, 11) is 1.52. The Balaban J connectivity index is 1.75. The van der Waals surface area contributed by atoms with Crippen molar-refractivity contribution in [2.24, 2.45) is 5.16 Å². The molecule has 2 heterocycles. The van der Waals surface area contributed by atoms with Crippen LogP contribution in [-0.4, -0.2) is 60.3 Å². The van der Waals surface area contributed by atoms with Crippen LogP contribution in [0.15, 0.2) is 22.0 Å². The Morgan fingerprint density at radius 3 is 2.74 bits per heavy atom. The van der Waals surface area contributed by atoms with Gasteiger partial charge in [0, 0.05) is 19.5 Å². The molecule has 0 spiro atoms. The van der Waals surface area contributed by atoms with Crippen LogP contribution in [0.2, 0.25) is 0 Å². The number of ether oxygens (including phenoxy) is 1. The first kappa shape index (κ1) is 14.2. The zero-order valence-electron chi connectivity index (χ0n) is 10.5. The van der Waals surface area contributed by atoms with Crippen LogP contribution >= 0.6 is 15.9 Å². The average Bonchev–Trinajstić information content (AvgIpc) is 2.38. The van der Waals surface area contributed by atoms with E-state index < -0.39 is 0 Å². The van der Waals surface area contributed by atoms with E-state index in [1.807, 2.05) is 4.90 Å². The van der Waals surface area contributed by atoms with Gasteiger partial charge in [0.05, 0.1) is 29.9 Å². The molecule has 0 saturated carbocycles. The smallest absolute Gasteiger partial charge is 0.226 e. The van der Waals surface area contributed by atoms with E-state index in [-0.39, 0.29) is 19.3 Å². The monoisotopic (exact) mass is 330 g/mol. The summed E-state index contributed by atoms with van der Waals surface area (Å²) in [5.41, 5.74) is 0.916. The molecule has 0 amide bonds. The van der Waals surface area contributed by atoms with Gasteiger partial charge in [-0.25, -0.2) is 9.97 Å². The van der Waals surface area contributed by atoms with Crippen molar-refractivity contribution in [1.82, 2.24) is 9.97 Å². The number of aliphatic hydroxyl groups excluding tert-OH is 1. The number of anilines is 1. The van der Waals surface area contributed by atoms with Gasteiger partial charge in [-0.1, -0.05) is 5.16 Å². The van der Waals surface area contributed by atoms with Gasteiger partial charge in [0.2, 0.25) is 5.95 Å². The minimum absolute atomic E-state index is 0.0831. The van der Waals surface area contributed by atoms with Crippen LogP contribution in [0.25, 0.3) is 0 Å². The minimum atomic E-state index is -0.338. The van der Waals surface area contributed by atoms with Crippen molar-refractivity contribution in [2.75, 3.05) is 38.3 Å². The molecule has 1 aliphatic rings. The maximum absolute atomic E-state index is 8.89. The van der Waals surface area contributed by atoms with Gasteiger partial charge in [-0.05, 0) is 15.9 Å². The van der Waals surface area contributed by atoms with Crippen molar-refractivity contribution in [1.29, 1.82) is 0 Å². The first-order valence-electron chi connectivity index (χ1n) is 5.76. The van der Waals surface area contributed by atoms with Crippen LogP contribution < -0.4 is 4.90 Å². The van der Waals surface area contributed by atoms with Gasteiger partial charge in [-0.15, -0.1) is 0 Å². The predicted molar refractivity (Wildman–Crippen MR) is 73.2 cm³/mol. The number of aliphatic hydroxyl groups is 1. The lowest BCUT2D eigenvalue weighted by molar-refractivity contribution is -0.0188. The fourth-order valence-corrected chi connectivity index (χ4v) is 1.67. The molecule has 1 N–H and O–H groups in total. The van der Waals surface area contributed by atoms with Crippen molar-refractivity contribution < 1.29 is 14.7 Å². The lowest BCUT2D eigenvalue weighted by Crippen LogP contribution is -2.48. The van der Waals surface area contributed by atoms with Crippen LogP contribution in [0.5, 0.6) is 0 Å². The summed E-state index contributed by atoms with van der Waals surface area (Å²) in [5.74, 6) is 0.673. The predicted octanol–water partition coefficient (Wildman–Crippen LogP) is 0.439. The maximum atomic E-state index is 8.89. The summed E-state index contributed by atoms with van der Waals surface area (Å²) in [6.45, 7) is 1.46. The Labute approximate surface area is 119 Å². The van der Waals surface area contributed by atoms with Crippen molar-refractivity contribution in [3.05, 3.63) is 16.9 Å². The summed E-state index contributed by atoms with van der Waals surface area (Å²) in [4.78, 5) is 15.5.